The van der Waals surface area contributed by atoms with E-state index in [4.69, 9.17) is 4.74 Å². The Hall–Kier alpha value is -2.77. The molecular formula is C17H24N4O4. The zero-order valence-corrected chi connectivity index (χ0v) is 14.5. The summed E-state index contributed by atoms with van der Waals surface area (Å²) in [5.41, 5.74) is 0.537. The summed E-state index contributed by atoms with van der Waals surface area (Å²) in [4.78, 5) is 38.1. The van der Waals surface area contributed by atoms with Crippen LogP contribution in [0.25, 0.3) is 0 Å². The van der Waals surface area contributed by atoms with Crippen molar-refractivity contribution in [2.24, 2.45) is 0 Å². The molecule has 2 rings (SSSR count). The number of amides is 4. The average molecular weight is 348 g/mol. The lowest BCUT2D eigenvalue weighted by Gasteiger charge is -2.34. The molecule has 0 radical (unpaired) electrons. The van der Waals surface area contributed by atoms with E-state index in [1.807, 2.05) is 13.0 Å². The van der Waals surface area contributed by atoms with Crippen LogP contribution in [0.15, 0.2) is 24.3 Å². The molecule has 4 amide bonds. The van der Waals surface area contributed by atoms with Gasteiger partial charge in [0, 0.05) is 19.6 Å². The summed E-state index contributed by atoms with van der Waals surface area (Å²) in [6.07, 6.45) is -0.122. The Kier molecular flexibility index (Phi) is 6.62. The SMILES string of the molecule is CCNC(=O)N1CCNC(=O)C1CC(=O)Nc1ccccc1OCC. The zero-order valence-electron chi connectivity index (χ0n) is 14.5. The van der Waals surface area contributed by atoms with E-state index < -0.39 is 6.04 Å². The van der Waals surface area contributed by atoms with Gasteiger partial charge in [0.05, 0.1) is 18.7 Å². The molecule has 0 aromatic heterocycles. The minimum Gasteiger partial charge on any atom is -0.492 e. The molecule has 8 heteroatoms. The number of piperazine rings is 1. The summed E-state index contributed by atoms with van der Waals surface area (Å²) in [6.45, 7) is 5.33. The van der Waals surface area contributed by atoms with Gasteiger partial charge in [0.2, 0.25) is 11.8 Å². The van der Waals surface area contributed by atoms with Crippen molar-refractivity contribution in [3.05, 3.63) is 24.3 Å². The summed E-state index contributed by atoms with van der Waals surface area (Å²) in [6, 6.07) is 5.90. The number of hydrogen-bond acceptors (Lipinski definition) is 4. The topological polar surface area (TPSA) is 99.8 Å². The monoisotopic (exact) mass is 348 g/mol. The first-order valence-corrected chi connectivity index (χ1v) is 8.40. The first-order valence-electron chi connectivity index (χ1n) is 8.40. The summed E-state index contributed by atoms with van der Waals surface area (Å²) in [7, 11) is 0. The molecule has 1 saturated heterocycles. The van der Waals surface area contributed by atoms with Crippen LogP contribution in [-0.2, 0) is 9.59 Å². The third-order valence-electron chi connectivity index (χ3n) is 3.76. The number of nitrogens with one attached hydrogen (secondary N) is 3. The zero-order chi connectivity index (χ0) is 18.2. The molecule has 1 aromatic carbocycles. The Balaban J connectivity index is 2.06. The number of para-hydroxylation sites is 2. The van der Waals surface area contributed by atoms with Crippen LogP contribution >= 0.6 is 0 Å². The minimum absolute atomic E-state index is 0.122. The Bertz CT molecular complexity index is 635. The van der Waals surface area contributed by atoms with E-state index in [1.165, 1.54) is 4.90 Å². The van der Waals surface area contributed by atoms with E-state index in [9.17, 15) is 14.4 Å². The molecule has 25 heavy (non-hydrogen) atoms. The number of carbonyl (C=O) groups excluding carboxylic acids is 3. The molecule has 0 spiro atoms. The van der Waals surface area contributed by atoms with Gasteiger partial charge >= 0.3 is 6.03 Å². The average Bonchev–Trinajstić information content (AvgIpc) is 2.59. The molecule has 1 atom stereocenters. The van der Waals surface area contributed by atoms with E-state index in [-0.39, 0.29) is 24.3 Å². The second-order valence-corrected chi connectivity index (χ2v) is 5.52. The predicted octanol–water partition coefficient (Wildman–Crippen LogP) is 0.944. The Morgan fingerprint density at radius 2 is 2.08 bits per heavy atom. The highest BCUT2D eigenvalue weighted by atomic mass is 16.5. The number of urea groups is 1. The maximum Gasteiger partial charge on any atom is 0.318 e. The molecule has 136 valence electrons. The highest BCUT2D eigenvalue weighted by Gasteiger charge is 2.34. The van der Waals surface area contributed by atoms with Gasteiger partial charge in [0.1, 0.15) is 11.8 Å². The van der Waals surface area contributed by atoms with Crippen LogP contribution in [0.3, 0.4) is 0 Å². The van der Waals surface area contributed by atoms with Gasteiger partial charge < -0.3 is 25.6 Å². The molecular weight excluding hydrogens is 324 g/mol. The number of nitrogens with zero attached hydrogens (tertiary/aromatic N) is 1. The van der Waals surface area contributed by atoms with Gasteiger partial charge in [-0.3, -0.25) is 9.59 Å². The van der Waals surface area contributed by atoms with Crippen LogP contribution in [0, 0.1) is 0 Å². The van der Waals surface area contributed by atoms with Gasteiger partial charge in [-0.15, -0.1) is 0 Å². The minimum atomic E-state index is -0.834. The second-order valence-electron chi connectivity index (χ2n) is 5.52. The molecule has 0 aliphatic carbocycles. The van der Waals surface area contributed by atoms with Crippen molar-refractivity contribution >= 4 is 23.5 Å². The molecule has 1 fully saturated rings. The fourth-order valence-electron chi connectivity index (χ4n) is 2.64. The van der Waals surface area contributed by atoms with Crippen molar-refractivity contribution in [3.63, 3.8) is 0 Å². The summed E-state index contributed by atoms with van der Waals surface area (Å²) in [5.74, 6) is -0.124. The highest BCUT2D eigenvalue weighted by Crippen LogP contribution is 2.24. The van der Waals surface area contributed by atoms with Crippen LogP contribution in [0.4, 0.5) is 10.5 Å². The summed E-state index contributed by atoms with van der Waals surface area (Å²) < 4.78 is 5.47. The number of anilines is 1. The van der Waals surface area contributed by atoms with Gasteiger partial charge in [-0.2, -0.15) is 0 Å². The fraction of sp³-hybridized carbons (Fsp3) is 0.471. The maximum absolute atomic E-state index is 12.4. The first kappa shape index (κ1) is 18.6. The lowest BCUT2D eigenvalue weighted by atomic mass is 10.1. The van der Waals surface area contributed by atoms with Crippen LogP contribution in [0.2, 0.25) is 0 Å². The van der Waals surface area contributed by atoms with Gasteiger partial charge in [-0.05, 0) is 26.0 Å². The van der Waals surface area contributed by atoms with Crippen molar-refractivity contribution in [1.82, 2.24) is 15.5 Å². The molecule has 1 aromatic rings. The number of hydrogen-bond donors (Lipinski definition) is 3. The third kappa shape index (κ3) is 4.85. The number of benzene rings is 1. The quantitative estimate of drug-likeness (QED) is 0.712. The van der Waals surface area contributed by atoms with Gasteiger partial charge in [0.15, 0.2) is 0 Å². The van der Waals surface area contributed by atoms with Crippen molar-refractivity contribution in [2.75, 3.05) is 31.6 Å². The molecule has 0 bridgehead atoms. The van der Waals surface area contributed by atoms with Crippen molar-refractivity contribution in [1.29, 1.82) is 0 Å². The number of rotatable bonds is 6. The van der Waals surface area contributed by atoms with E-state index in [1.54, 1.807) is 25.1 Å². The van der Waals surface area contributed by atoms with Crippen LogP contribution in [-0.4, -0.2) is 55.0 Å². The Morgan fingerprint density at radius 1 is 1.32 bits per heavy atom. The first-order chi connectivity index (χ1) is 12.1. The lowest BCUT2D eigenvalue weighted by molar-refractivity contribution is -0.131. The van der Waals surface area contributed by atoms with Crippen LogP contribution in [0.1, 0.15) is 20.3 Å². The number of carbonyl (C=O) groups is 3. The molecule has 1 aliphatic rings. The molecule has 8 nitrogen and oxygen atoms in total. The summed E-state index contributed by atoms with van der Waals surface area (Å²) in [5, 5.41) is 8.12. The molecule has 3 N–H and O–H groups in total. The molecule has 1 unspecified atom stereocenters. The van der Waals surface area contributed by atoms with Gasteiger partial charge in [-0.1, -0.05) is 12.1 Å². The summed E-state index contributed by atoms with van der Waals surface area (Å²) >= 11 is 0. The van der Waals surface area contributed by atoms with Crippen molar-refractivity contribution in [2.45, 2.75) is 26.3 Å². The van der Waals surface area contributed by atoms with Gasteiger partial charge in [-0.25, -0.2) is 4.79 Å². The fourth-order valence-corrected chi connectivity index (χ4v) is 2.64. The number of ether oxygens (including phenoxy) is 1. The predicted molar refractivity (Wildman–Crippen MR) is 93.4 cm³/mol. The van der Waals surface area contributed by atoms with Crippen LogP contribution in [0.5, 0.6) is 5.75 Å². The van der Waals surface area contributed by atoms with Crippen LogP contribution < -0.4 is 20.7 Å². The Morgan fingerprint density at radius 3 is 2.80 bits per heavy atom. The smallest absolute Gasteiger partial charge is 0.318 e. The van der Waals surface area contributed by atoms with E-state index in [2.05, 4.69) is 16.0 Å². The van der Waals surface area contributed by atoms with E-state index >= 15 is 0 Å². The van der Waals surface area contributed by atoms with E-state index in [0.717, 1.165) is 0 Å². The maximum atomic E-state index is 12.4. The highest BCUT2D eigenvalue weighted by molar-refractivity contribution is 5.98. The van der Waals surface area contributed by atoms with Crippen molar-refractivity contribution in [3.8, 4) is 5.75 Å². The normalized spacial score (nSPS) is 16.8. The lowest BCUT2D eigenvalue weighted by Crippen LogP contribution is -2.60. The van der Waals surface area contributed by atoms with Crippen molar-refractivity contribution < 1.29 is 19.1 Å². The standard InChI is InChI=1S/C17H24N4O4/c1-3-18-17(24)21-10-9-19-16(23)13(21)11-15(22)20-12-7-5-6-8-14(12)25-4-2/h5-8,13H,3-4,9-11H2,1-2H3,(H,18,24)(H,19,23)(H,20,22). The Labute approximate surface area is 146 Å². The molecule has 1 heterocycles. The second kappa shape index (κ2) is 8.91. The largest absolute Gasteiger partial charge is 0.492 e. The molecule has 0 saturated carbocycles. The molecule has 1 aliphatic heterocycles. The third-order valence-corrected chi connectivity index (χ3v) is 3.76. The van der Waals surface area contributed by atoms with Gasteiger partial charge in [0.25, 0.3) is 0 Å². The van der Waals surface area contributed by atoms with E-state index in [0.29, 0.717) is 37.7 Å².